The molecule has 3 aromatic heterocycles. The molecular weight excluding hydrogens is 350 g/mol. The molecule has 0 spiro atoms. The number of nitrogens with zero attached hydrogens (tertiary/aromatic N) is 1. The van der Waals surface area contributed by atoms with Crippen LogP contribution in [-0.4, -0.2) is 15.6 Å². The summed E-state index contributed by atoms with van der Waals surface area (Å²) in [7, 11) is 0. The van der Waals surface area contributed by atoms with E-state index in [1.54, 1.807) is 5.38 Å². The Balaban J connectivity index is 2.06. The number of aryl methyl sites for hydroxylation is 2. The summed E-state index contributed by atoms with van der Waals surface area (Å²) < 4.78 is 1.29. The number of aromatic nitrogens is 2. The summed E-state index contributed by atoms with van der Waals surface area (Å²) in [6, 6.07) is 1.84. The molecule has 0 aliphatic rings. The summed E-state index contributed by atoms with van der Waals surface area (Å²) in [5, 5.41) is 2.33. The molecule has 0 aliphatic carbocycles. The van der Waals surface area contributed by atoms with Gasteiger partial charge in [-0.05, 0) is 44.1 Å². The number of hydrogen-bond acceptors (Lipinski definition) is 5. The number of fused-ring (bicyclic) bond motifs is 1. The van der Waals surface area contributed by atoms with E-state index in [9.17, 15) is 9.59 Å². The third-order valence-electron chi connectivity index (χ3n) is 3.73. The van der Waals surface area contributed by atoms with E-state index in [2.05, 4.69) is 10.4 Å². The molecule has 0 aromatic carbocycles. The number of amides is 1. The third-order valence-corrected chi connectivity index (χ3v) is 6.22. The van der Waals surface area contributed by atoms with Crippen LogP contribution in [0.2, 0.25) is 0 Å². The number of rotatable bonds is 3. The lowest BCUT2D eigenvalue weighted by atomic mass is 10.2. The first-order chi connectivity index (χ1) is 10.9. The molecule has 0 unspecified atom stereocenters. The van der Waals surface area contributed by atoms with E-state index in [4.69, 9.17) is 12.2 Å². The Bertz CT molecular complexity index is 1020. The molecule has 0 bridgehead atoms. The second kappa shape index (κ2) is 6.03. The lowest BCUT2D eigenvalue weighted by Crippen LogP contribution is -2.34. The van der Waals surface area contributed by atoms with Gasteiger partial charge in [-0.1, -0.05) is 6.92 Å². The van der Waals surface area contributed by atoms with Crippen LogP contribution in [0.15, 0.2) is 16.2 Å². The molecule has 3 rings (SSSR count). The average molecular weight is 366 g/mol. The summed E-state index contributed by atoms with van der Waals surface area (Å²) in [6.07, 6.45) is 0.846. The number of H-pyrrole nitrogens is 1. The Labute approximate surface area is 145 Å². The number of hydrogen-bond donors (Lipinski definition) is 2. The van der Waals surface area contributed by atoms with Gasteiger partial charge >= 0.3 is 0 Å². The Kier molecular flexibility index (Phi) is 4.22. The molecule has 3 aromatic rings. The minimum absolute atomic E-state index is 0.185. The molecule has 23 heavy (non-hydrogen) atoms. The van der Waals surface area contributed by atoms with Gasteiger partial charge in [0.15, 0.2) is 0 Å². The molecule has 0 radical (unpaired) electrons. The highest BCUT2D eigenvalue weighted by atomic mass is 32.1. The molecule has 120 valence electrons. The van der Waals surface area contributed by atoms with Crippen molar-refractivity contribution in [3.05, 3.63) is 47.5 Å². The fourth-order valence-electron chi connectivity index (χ4n) is 2.23. The molecule has 2 N–H and O–H groups in total. The quantitative estimate of drug-likeness (QED) is 0.695. The van der Waals surface area contributed by atoms with Gasteiger partial charge in [-0.25, -0.2) is 0 Å². The van der Waals surface area contributed by atoms with Crippen molar-refractivity contribution in [2.75, 3.05) is 5.43 Å². The molecular formula is C15H15N3O2S3. The third kappa shape index (κ3) is 2.77. The van der Waals surface area contributed by atoms with Crippen molar-refractivity contribution < 1.29 is 4.79 Å². The molecule has 1 amide bonds. The van der Waals surface area contributed by atoms with Crippen LogP contribution in [0.25, 0.3) is 10.2 Å². The van der Waals surface area contributed by atoms with Crippen molar-refractivity contribution in [2.24, 2.45) is 0 Å². The molecule has 3 heterocycles. The van der Waals surface area contributed by atoms with Gasteiger partial charge < -0.3 is 4.98 Å². The molecule has 0 atom stereocenters. The predicted molar refractivity (Wildman–Crippen MR) is 98.1 cm³/mol. The van der Waals surface area contributed by atoms with Crippen LogP contribution in [0, 0.1) is 18.6 Å². The molecule has 0 aliphatic heterocycles. The molecule has 0 saturated heterocycles. The van der Waals surface area contributed by atoms with Crippen LogP contribution >= 0.6 is 34.9 Å². The molecule has 0 saturated carbocycles. The fraction of sp³-hybridized carbons (Fsp3) is 0.267. The van der Waals surface area contributed by atoms with E-state index < -0.39 is 0 Å². The van der Waals surface area contributed by atoms with Gasteiger partial charge in [0, 0.05) is 15.1 Å². The molecule has 5 nitrogen and oxygen atoms in total. The van der Waals surface area contributed by atoms with Crippen LogP contribution in [0.1, 0.15) is 32.6 Å². The minimum atomic E-state index is -0.334. The fourth-order valence-corrected chi connectivity index (χ4v) is 4.38. The Hall–Kier alpha value is -1.77. The topological polar surface area (TPSA) is 66.9 Å². The zero-order chi connectivity index (χ0) is 16.7. The van der Waals surface area contributed by atoms with Crippen molar-refractivity contribution in [2.45, 2.75) is 27.2 Å². The zero-order valence-corrected chi connectivity index (χ0v) is 15.3. The van der Waals surface area contributed by atoms with E-state index in [1.165, 1.54) is 22.7 Å². The highest BCUT2D eigenvalue weighted by Gasteiger charge is 2.15. The van der Waals surface area contributed by atoms with Crippen LogP contribution in [-0.2, 0) is 6.42 Å². The predicted octanol–water partition coefficient (Wildman–Crippen LogP) is 3.75. The van der Waals surface area contributed by atoms with E-state index in [-0.39, 0.29) is 16.2 Å². The van der Waals surface area contributed by atoms with Crippen molar-refractivity contribution in [3.8, 4) is 0 Å². The largest absolute Gasteiger partial charge is 0.322 e. The normalized spacial score (nSPS) is 11.1. The van der Waals surface area contributed by atoms with E-state index in [0.717, 1.165) is 31.2 Å². The number of carbonyl (C=O) groups excluding carboxylic acids is 1. The first kappa shape index (κ1) is 16.1. The maximum atomic E-state index is 12.6. The van der Waals surface area contributed by atoms with Crippen LogP contribution in [0.5, 0.6) is 0 Å². The van der Waals surface area contributed by atoms with Crippen molar-refractivity contribution >= 4 is 51.0 Å². The Morgan fingerprint density at radius 3 is 2.78 bits per heavy atom. The summed E-state index contributed by atoms with van der Waals surface area (Å²) in [5.41, 5.74) is 3.78. The second-order valence-electron chi connectivity index (χ2n) is 5.15. The van der Waals surface area contributed by atoms with Gasteiger partial charge in [-0.15, -0.1) is 22.7 Å². The van der Waals surface area contributed by atoms with Crippen LogP contribution in [0.4, 0.5) is 0 Å². The van der Waals surface area contributed by atoms with E-state index in [0.29, 0.717) is 10.9 Å². The molecule has 8 heteroatoms. The first-order valence-corrected chi connectivity index (χ1v) is 9.16. The van der Waals surface area contributed by atoms with Gasteiger partial charge in [-0.3, -0.25) is 15.0 Å². The molecule has 0 fully saturated rings. The van der Waals surface area contributed by atoms with Gasteiger partial charge in [0.1, 0.15) is 4.83 Å². The standard InChI is InChI=1S/C15H15N3O2S3/c1-4-9-5-10-13(23-9)16-15(21)18(14(10)20)17-12(19)11-6-22-8(3)7(11)2/h5-6H,4H2,1-3H3,(H,16,21)(H,17,19). The van der Waals surface area contributed by atoms with Gasteiger partial charge in [-0.2, -0.15) is 4.68 Å². The SMILES string of the molecule is CCc1cc2c(=O)n(NC(=O)c3csc(C)c3C)c(=S)[nH]c2s1. The highest BCUT2D eigenvalue weighted by Crippen LogP contribution is 2.22. The Morgan fingerprint density at radius 1 is 1.43 bits per heavy atom. The van der Waals surface area contributed by atoms with Crippen molar-refractivity contribution in [3.63, 3.8) is 0 Å². The second-order valence-corrected chi connectivity index (χ2v) is 7.76. The van der Waals surface area contributed by atoms with Crippen molar-refractivity contribution in [1.29, 1.82) is 0 Å². The van der Waals surface area contributed by atoms with Gasteiger partial charge in [0.2, 0.25) is 4.77 Å². The minimum Gasteiger partial charge on any atom is -0.322 e. The summed E-state index contributed by atoms with van der Waals surface area (Å²) in [6.45, 7) is 5.88. The number of nitrogens with one attached hydrogen (secondary N) is 2. The van der Waals surface area contributed by atoms with Crippen LogP contribution in [0.3, 0.4) is 0 Å². The van der Waals surface area contributed by atoms with Crippen molar-refractivity contribution in [1.82, 2.24) is 9.66 Å². The monoisotopic (exact) mass is 365 g/mol. The lowest BCUT2D eigenvalue weighted by molar-refractivity contribution is 0.101. The van der Waals surface area contributed by atoms with E-state index >= 15 is 0 Å². The van der Waals surface area contributed by atoms with Gasteiger partial charge in [0.25, 0.3) is 11.5 Å². The number of aromatic amines is 1. The highest BCUT2D eigenvalue weighted by molar-refractivity contribution is 7.71. The lowest BCUT2D eigenvalue weighted by Gasteiger charge is -2.08. The maximum Gasteiger partial charge on any atom is 0.282 e. The van der Waals surface area contributed by atoms with Crippen LogP contribution < -0.4 is 11.0 Å². The maximum absolute atomic E-state index is 12.6. The Morgan fingerprint density at radius 2 is 2.17 bits per heavy atom. The summed E-state index contributed by atoms with van der Waals surface area (Å²) >= 11 is 8.24. The number of carbonyl (C=O) groups is 1. The van der Waals surface area contributed by atoms with Gasteiger partial charge in [0.05, 0.1) is 10.9 Å². The summed E-state index contributed by atoms with van der Waals surface area (Å²) in [4.78, 5) is 31.0. The smallest absolute Gasteiger partial charge is 0.282 e. The summed E-state index contributed by atoms with van der Waals surface area (Å²) in [5.74, 6) is -0.334. The first-order valence-electron chi connectivity index (χ1n) is 7.06. The zero-order valence-electron chi connectivity index (χ0n) is 12.9. The average Bonchev–Trinajstić information content (AvgIpc) is 3.08. The van der Waals surface area contributed by atoms with E-state index in [1.807, 2.05) is 26.8 Å². The number of thiophene rings is 2.